The highest BCUT2D eigenvalue weighted by Crippen LogP contribution is 2.20. The summed E-state index contributed by atoms with van der Waals surface area (Å²) < 4.78 is 11.2. The first-order valence-corrected chi connectivity index (χ1v) is 8.16. The second-order valence-electron chi connectivity index (χ2n) is 6.32. The lowest BCUT2D eigenvalue weighted by atomic mass is 9.92. The Hall–Kier alpha value is -1.39. The summed E-state index contributed by atoms with van der Waals surface area (Å²) in [5.41, 5.74) is 0.582. The number of para-hydroxylation sites is 1. The fraction of sp³-hybridized carbons (Fsp3) is 0.611. The highest BCUT2D eigenvalue weighted by Gasteiger charge is 2.21. The van der Waals surface area contributed by atoms with Crippen LogP contribution >= 0.6 is 0 Å². The van der Waals surface area contributed by atoms with Crippen LogP contribution in [0, 0.1) is 11.8 Å². The van der Waals surface area contributed by atoms with Crippen LogP contribution in [0.15, 0.2) is 24.3 Å². The van der Waals surface area contributed by atoms with E-state index in [4.69, 9.17) is 9.47 Å². The average molecular weight is 305 g/mol. The highest BCUT2D eigenvalue weighted by atomic mass is 16.5. The van der Waals surface area contributed by atoms with Crippen LogP contribution in [0.2, 0.25) is 0 Å². The minimum atomic E-state index is 0.470. The largest absolute Gasteiger partial charge is 0.490 e. The normalized spacial score (nSPS) is 22.5. The molecule has 4 nitrogen and oxygen atoms in total. The maximum absolute atomic E-state index is 10.9. The molecule has 2 atom stereocenters. The average Bonchev–Trinajstić information content (AvgIpc) is 2.50. The molecule has 2 rings (SSSR count). The molecule has 0 unspecified atom stereocenters. The minimum absolute atomic E-state index is 0.470. The number of aldehydes is 1. The Bertz CT molecular complexity index is 453. The van der Waals surface area contributed by atoms with Crippen molar-refractivity contribution in [1.29, 1.82) is 0 Å². The van der Waals surface area contributed by atoms with Crippen LogP contribution in [0.25, 0.3) is 0 Å². The van der Waals surface area contributed by atoms with E-state index in [0.29, 0.717) is 24.5 Å². The van der Waals surface area contributed by atoms with Crippen LogP contribution < -0.4 is 4.74 Å². The molecule has 4 heteroatoms. The van der Waals surface area contributed by atoms with Crippen LogP contribution in [-0.2, 0) is 4.74 Å². The fourth-order valence-corrected chi connectivity index (χ4v) is 3.19. The van der Waals surface area contributed by atoms with Crippen molar-refractivity contribution < 1.29 is 14.3 Å². The number of benzene rings is 1. The molecule has 0 bridgehead atoms. The Balaban J connectivity index is 1.59. The van der Waals surface area contributed by atoms with Crippen LogP contribution in [0.1, 0.15) is 30.6 Å². The first kappa shape index (κ1) is 17.0. The number of piperidine rings is 1. The number of hydrogen-bond donors (Lipinski definition) is 0. The van der Waals surface area contributed by atoms with Crippen molar-refractivity contribution in [2.24, 2.45) is 11.8 Å². The topological polar surface area (TPSA) is 38.8 Å². The van der Waals surface area contributed by atoms with Gasteiger partial charge in [0.05, 0.1) is 18.8 Å². The third-order valence-electron chi connectivity index (χ3n) is 4.03. The van der Waals surface area contributed by atoms with Crippen molar-refractivity contribution in [1.82, 2.24) is 4.90 Å². The van der Waals surface area contributed by atoms with Gasteiger partial charge in [-0.05, 0) is 30.4 Å². The van der Waals surface area contributed by atoms with Crippen molar-refractivity contribution in [3.05, 3.63) is 29.8 Å². The molecular weight excluding hydrogens is 278 g/mol. The zero-order valence-electron chi connectivity index (χ0n) is 13.7. The zero-order chi connectivity index (χ0) is 15.8. The summed E-state index contributed by atoms with van der Waals surface area (Å²) >= 11 is 0. The zero-order valence-corrected chi connectivity index (χ0v) is 13.7. The van der Waals surface area contributed by atoms with Crippen molar-refractivity contribution in [2.75, 3.05) is 39.5 Å². The smallest absolute Gasteiger partial charge is 0.153 e. The van der Waals surface area contributed by atoms with E-state index >= 15 is 0 Å². The second-order valence-corrected chi connectivity index (χ2v) is 6.32. The van der Waals surface area contributed by atoms with E-state index in [9.17, 15) is 4.79 Å². The summed E-state index contributed by atoms with van der Waals surface area (Å²) in [6.07, 6.45) is 2.15. The summed E-state index contributed by atoms with van der Waals surface area (Å²) in [5, 5.41) is 0. The van der Waals surface area contributed by atoms with Crippen LogP contribution in [0.5, 0.6) is 5.75 Å². The van der Waals surface area contributed by atoms with E-state index in [1.54, 1.807) is 12.1 Å². The van der Waals surface area contributed by atoms with E-state index in [1.165, 1.54) is 19.5 Å². The van der Waals surface area contributed by atoms with Gasteiger partial charge in [-0.1, -0.05) is 26.0 Å². The number of carbonyl (C=O) groups excluding carboxylic acids is 1. The number of ether oxygens (including phenoxy) is 2. The van der Waals surface area contributed by atoms with Gasteiger partial charge in [-0.25, -0.2) is 0 Å². The first-order valence-electron chi connectivity index (χ1n) is 8.16. The maximum Gasteiger partial charge on any atom is 0.153 e. The van der Waals surface area contributed by atoms with Crippen LogP contribution in [-0.4, -0.2) is 50.6 Å². The van der Waals surface area contributed by atoms with Gasteiger partial charge in [0.25, 0.3) is 0 Å². The van der Waals surface area contributed by atoms with E-state index in [1.807, 2.05) is 12.1 Å². The van der Waals surface area contributed by atoms with Gasteiger partial charge in [-0.2, -0.15) is 0 Å². The molecule has 122 valence electrons. The lowest BCUT2D eigenvalue weighted by Gasteiger charge is -2.34. The number of carbonyl (C=O) groups is 1. The molecule has 0 aliphatic carbocycles. The summed E-state index contributed by atoms with van der Waals surface area (Å²) in [4.78, 5) is 13.4. The lowest BCUT2D eigenvalue weighted by Crippen LogP contribution is -2.40. The van der Waals surface area contributed by atoms with Crippen molar-refractivity contribution in [3.63, 3.8) is 0 Å². The van der Waals surface area contributed by atoms with E-state index in [0.717, 1.165) is 31.3 Å². The molecule has 22 heavy (non-hydrogen) atoms. The Morgan fingerprint density at radius 1 is 1.14 bits per heavy atom. The molecule has 1 aliphatic heterocycles. The summed E-state index contributed by atoms with van der Waals surface area (Å²) in [7, 11) is 0. The summed E-state index contributed by atoms with van der Waals surface area (Å²) in [6.45, 7) is 9.74. The third kappa shape index (κ3) is 5.43. The number of hydrogen-bond acceptors (Lipinski definition) is 4. The number of rotatable bonds is 8. The molecule has 0 radical (unpaired) electrons. The van der Waals surface area contributed by atoms with Gasteiger partial charge in [-0.3, -0.25) is 4.79 Å². The van der Waals surface area contributed by atoms with E-state index < -0.39 is 0 Å². The molecule has 1 aromatic rings. The van der Waals surface area contributed by atoms with Crippen LogP contribution in [0.4, 0.5) is 0 Å². The van der Waals surface area contributed by atoms with Gasteiger partial charge in [0.1, 0.15) is 12.4 Å². The first-order chi connectivity index (χ1) is 10.7. The van der Waals surface area contributed by atoms with Crippen molar-refractivity contribution in [3.8, 4) is 5.75 Å². The lowest BCUT2D eigenvalue weighted by molar-refractivity contribution is 0.0593. The van der Waals surface area contributed by atoms with Gasteiger partial charge in [0.2, 0.25) is 0 Å². The van der Waals surface area contributed by atoms with E-state index in [2.05, 4.69) is 18.7 Å². The number of likely N-dealkylation sites (tertiary alicyclic amines) is 1. The molecule has 0 spiro atoms. The predicted octanol–water partition coefficient (Wildman–Crippen LogP) is 2.87. The molecule has 0 N–H and O–H groups in total. The SMILES string of the molecule is C[C@@H]1C[C@@H](C)CN(CCOCCOc2ccccc2C=O)C1. The van der Waals surface area contributed by atoms with Gasteiger partial charge in [-0.15, -0.1) is 0 Å². The molecule has 0 amide bonds. The monoisotopic (exact) mass is 305 g/mol. The van der Waals surface area contributed by atoms with Gasteiger partial charge in [0, 0.05) is 19.6 Å². The fourth-order valence-electron chi connectivity index (χ4n) is 3.19. The Labute approximate surface area is 133 Å². The molecule has 1 heterocycles. The molecule has 1 saturated heterocycles. The quantitative estimate of drug-likeness (QED) is 0.547. The molecule has 0 saturated carbocycles. The molecule has 1 fully saturated rings. The maximum atomic E-state index is 10.9. The van der Waals surface area contributed by atoms with Gasteiger partial charge >= 0.3 is 0 Å². The van der Waals surface area contributed by atoms with Gasteiger partial charge in [0.15, 0.2) is 6.29 Å². The Morgan fingerprint density at radius 2 is 1.86 bits per heavy atom. The highest BCUT2D eigenvalue weighted by molar-refractivity contribution is 5.79. The predicted molar refractivity (Wildman–Crippen MR) is 87.5 cm³/mol. The van der Waals surface area contributed by atoms with E-state index in [-0.39, 0.29) is 0 Å². The van der Waals surface area contributed by atoms with Crippen molar-refractivity contribution >= 4 is 6.29 Å². The molecule has 1 aliphatic rings. The summed E-state index contributed by atoms with van der Waals surface area (Å²) in [5.74, 6) is 2.19. The number of nitrogens with zero attached hydrogens (tertiary/aromatic N) is 1. The molecule has 1 aromatic carbocycles. The Kier molecular flexibility index (Phi) is 6.87. The van der Waals surface area contributed by atoms with Crippen molar-refractivity contribution in [2.45, 2.75) is 20.3 Å². The second kappa shape index (κ2) is 8.91. The van der Waals surface area contributed by atoms with Crippen LogP contribution in [0.3, 0.4) is 0 Å². The minimum Gasteiger partial charge on any atom is -0.490 e. The third-order valence-corrected chi connectivity index (χ3v) is 4.03. The van der Waals surface area contributed by atoms with Gasteiger partial charge < -0.3 is 14.4 Å². The standard InChI is InChI=1S/C18H27NO3/c1-15-11-16(2)13-19(12-15)7-8-21-9-10-22-18-6-4-3-5-17(18)14-20/h3-6,14-16H,7-13H2,1-2H3/t15-,16-/m1/s1. The molecular formula is C18H27NO3. The summed E-state index contributed by atoms with van der Waals surface area (Å²) in [6, 6.07) is 7.25. The molecule has 0 aromatic heterocycles. The Morgan fingerprint density at radius 3 is 2.59 bits per heavy atom.